The monoisotopic (exact) mass is 258 g/mol. The lowest BCUT2D eigenvalue weighted by atomic mass is 10.0. The summed E-state index contributed by atoms with van der Waals surface area (Å²) in [7, 11) is 0. The van der Waals surface area contributed by atoms with Crippen LogP contribution in [-0.2, 0) is 0 Å². The van der Waals surface area contributed by atoms with Crippen LogP contribution in [0.2, 0.25) is 0 Å². The molecule has 5 nitrogen and oxygen atoms in total. The Morgan fingerprint density at radius 3 is 3.11 bits per heavy atom. The number of anilines is 1. The molecule has 1 aliphatic heterocycles. The molecule has 0 aromatic carbocycles. The number of hydrogen-bond acceptors (Lipinski definition) is 5. The molecule has 1 atom stereocenters. The van der Waals surface area contributed by atoms with Crippen molar-refractivity contribution in [3.63, 3.8) is 0 Å². The summed E-state index contributed by atoms with van der Waals surface area (Å²) in [6.07, 6.45) is 6.95. The number of nitrogens with two attached hydrogens (primary N) is 1. The molecule has 0 amide bonds. The van der Waals surface area contributed by atoms with Crippen molar-refractivity contribution in [2.75, 3.05) is 18.0 Å². The van der Waals surface area contributed by atoms with E-state index in [1.54, 1.807) is 12.5 Å². The molecule has 3 rings (SSSR count). The summed E-state index contributed by atoms with van der Waals surface area (Å²) in [6, 6.07) is 5.98. The molecule has 1 saturated heterocycles. The first kappa shape index (κ1) is 12.2. The standard InChI is InChI=1S/C14H18N4O/c15-10-11-4-1-2-8-18(11)14-16-7-6-12(17-14)13-5-3-9-19-13/h3,5-7,9,11H,1-2,4,8,10,15H2. The van der Waals surface area contributed by atoms with Gasteiger partial charge in [0.1, 0.15) is 5.69 Å². The van der Waals surface area contributed by atoms with Crippen molar-refractivity contribution in [3.05, 3.63) is 30.7 Å². The lowest BCUT2D eigenvalue weighted by molar-refractivity contribution is 0.458. The second kappa shape index (κ2) is 5.40. The van der Waals surface area contributed by atoms with Crippen LogP contribution in [0, 0.1) is 0 Å². The third-order valence-electron chi connectivity index (χ3n) is 3.57. The minimum atomic E-state index is 0.348. The Bertz CT molecular complexity index is 526. The van der Waals surface area contributed by atoms with E-state index in [0.29, 0.717) is 12.6 Å². The number of furan rings is 1. The molecule has 0 bridgehead atoms. The summed E-state index contributed by atoms with van der Waals surface area (Å²) in [5.41, 5.74) is 6.66. The molecule has 5 heteroatoms. The summed E-state index contributed by atoms with van der Waals surface area (Å²) < 4.78 is 5.38. The first-order valence-corrected chi connectivity index (χ1v) is 6.72. The van der Waals surface area contributed by atoms with Crippen molar-refractivity contribution >= 4 is 5.95 Å². The highest BCUT2D eigenvalue weighted by molar-refractivity contribution is 5.53. The molecule has 2 aromatic rings. The van der Waals surface area contributed by atoms with E-state index < -0.39 is 0 Å². The van der Waals surface area contributed by atoms with E-state index in [4.69, 9.17) is 10.2 Å². The number of hydrogen-bond donors (Lipinski definition) is 1. The maximum atomic E-state index is 5.85. The molecule has 0 aliphatic carbocycles. The fourth-order valence-electron chi connectivity index (χ4n) is 2.56. The van der Waals surface area contributed by atoms with E-state index in [1.807, 2.05) is 18.2 Å². The van der Waals surface area contributed by atoms with Crippen LogP contribution in [0.1, 0.15) is 19.3 Å². The fraction of sp³-hybridized carbons (Fsp3) is 0.429. The predicted octanol–water partition coefficient (Wildman–Crippen LogP) is 2.05. The van der Waals surface area contributed by atoms with Crippen LogP contribution >= 0.6 is 0 Å². The molecule has 19 heavy (non-hydrogen) atoms. The van der Waals surface area contributed by atoms with Crippen molar-refractivity contribution in [1.29, 1.82) is 0 Å². The summed E-state index contributed by atoms with van der Waals surface area (Å²) in [6.45, 7) is 1.62. The van der Waals surface area contributed by atoms with Crippen LogP contribution < -0.4 is 10.6 Å². The molecular formula is C14H18N4O. The van der Waals surface area contributed by atoms with Crippen molar-refractivity contribution in [2.24, 2.45) is 5.73 Å². The highest BCUT2D eigenvalue weighted by Crippen LogP contribution is 2.24. The Balaban J connectivity index is 1.90. The second-order valence-corrected chi connectivity index (χ2v) is 4.80. The van der Waals surface area contributed by atoms with Crippen LogP contribution in [0.5, 0.6) is 0 Å². The molecule has 1 aliphatic rings. The van der Waals surface area contributed by atoms with Gasteiger partial charge in [-0.25, -0.2) is 9.97 Å². The quantitative estimate of drug-likeness (QED) is 0.912. The highest BCUT2D eigenvalue weighted by Gasteiger charge is 2.23. The van der Waals surface area contributed by atoms with Gasteiger partial charge in [0, 0.05) is 25.3 Å². The molecule has 1 fully saturated rings. The van der Waals surface area contributed by atoms with E-state index in [0.717, 1.165) is 30.4 Å². The van der Waals surface area contributed by atoms with Gasteiger partial charge >= 0.3 is 0 Å². The van der Waals surface area contributed by atoms with E-state index in [9.17, 15) is 0 Å². The topological polar surface area (TPSA) is 68.2 Å². The number of rotatable bonds is 3. The van der Waals surface area contributed by atoms with Crippen molar-refractivity contribution < 1.29 is 4.42 Å². The third kappa shape index (κ3) is 2.46. The van der Waals surface area contributed by atoms with Gasteiger partial charge in [0.15, 0.2) is 5.76 Å². The van der Waals surface area contributed by atoms with Crippen LogP contribution in [0.25, 0.3) is 11.5 Å². The van der Waals surface area contributed by atoms with Gasteiger partial charge in [-0.05, 0) is 37.5 Å². The van der Waals surface area contributed by atoms with Gasteiger partial charge in [-0.2, -0.15) is 0 Å². The average molecular weight is 258 g/mol. The van der Waals surface area contributed by atoms with Gasteiger partial charge in [0.05, 0.1) is 6.26 Å². The first-order valence-electron chi connectivity index (χ1n) is 6.72. The molecule has 2 N–H and O–H groups in total. The zero-order valence-electron chi connectivity index (χ0n) is 10.8. The minimum Gasteiger partial charge on any atom is -0.463 e. The molecular weight excluding hydrogens is 240 g/mol. The van der Waals surface area contributed by atoms with Gasteiger partial charge in [-0.1, -0.05) is 0 Å². The van der Waals surface area contributed by atoms with Gasteiger partial charge in [0.2, 0.25) is 5.95 Å². The van der Waals surface area contributed by atoms with Crippen LogP contribution in [0.15, 0.2) is 35.1 Å². The SMILES string of the molecule is NCC1CCCCN1c1nccc(-c2ccco2)n1. The Morgan fingerprint density at radius 2 is 2.32 bits per heavy atom. The van der Waals surface area contributed by atoms with Crippen molar-refractivity contribution in [1.82, 2.24) is 9.97 Å². The van der Waals surface area contributed by atoms with E-state index in [1.165, 1.54) is 12.8 Å². The van der Waals surface area contributed by atoms with Gasteiger partial charge in [0.25, 0.3) is 0 Å². The summed E-state index contributed by atoms with van der Waals surface area (Å²) >= 11 is 0. The molecule has 3 heterocycles. The van der Waals surface area contributed by atoms with E-state index in [-0.39, 0.29) is 0 Å². The first-order chi connectivity index (χ1) is 9.38. The number of piperidine rings is 1. The molecule has 100 valence electrons. The highest BCUT2D eigenvalue weighted by atomic mass is 16.3. The maximum absolute atomic E-state index is 5.85. The predicted molar refractivity (Wildman–Crippen MR) is 73.8 cm³/mol. The van der Waals surface area contributed by atoms with Gasteiger partial charge in [-0.15, -0.1) is 0 Å². The third-order valence-corrected chi connectivity index (χ3v) is 3.57. The van der Waals surface area contributed by atoms with Gasteiger partial charge in [-0.3, -0.25) is 0 Å². The smallest absolute Gasteiger partial charge is 0.226 e. The maximum Gasteiger partial charge on any atom is 0.226 e. The summed E-state index contributed by atoms with van der Waals surface area (Å²) in [5.74, 6) is 1.52. The Labute approximate surface area is 112 Å². The molecule has 1 unspecified atom stereocenters. The van der Waals surface area contributed by atoms with E-state index in [2.05, 4.69) is 14.9 Å². The van der Waals surface area contributed by atoms with Crippen LogP contribution in [-0.4, -0.2) is 29.1 Å². The average Bonchev–Trinajstić information content (AvgIpc) is 3.01. The van der Waals surface area contributed by atoms with Crippen molar-refractivity contribution in [2.45, 2.75) is 25.3 Å². The van der Waals surface area contributed by atoms with Crippen LogP contribution in [0.4, 0.5) is 5.95 Å². The number of nitrogens with zero attached hydrogens (tertiary/aromatic N) is 3. The zero-order chi connectivity index (χ0) is 13.1. The lowest BCUT2D eigenvalue weighted by Gasteiger charge is -2.35. The second-order valence-electron chi connectivity index (χ2n) is 4.80. The summed E-state index contributed by atoms with van der Waals surface area (Å²) in [5, 5.41) is 0. The molecule has 0 saturated carbocycles. The van der Waals surface area contributed by atoms with Crippen molar-refractivity contribution in [3.8, 4) is 11.5 Å². The number of aromatic nitrogens is 2. The van der Waals surface area contributed by atoms with Gasteiger partial charge < -0.3 is 15.1 Å². The molecule has 0 radical (unpaired) electrons. The largest absolute Gasteiger partial charge is 0.463 e. The van der Waals surface area contributed by atoms with E-state index >= 15 is 0 Å². The Morgan fingerprint density at radius 1 is 1.37 bits per heavy atom. The molecule has 2 aromatic heterocycles. The summed E-state index contributed by atoms with van der Waals surface area (Å²) in [4.78, 5) is 11.2. The Kier molecular flexibility index (Phi) is 3.46. The molecule has 0 spiro atoms. The zero-order valence-corrected chi connectivity index (χ0v) is 10.8. The fourth-order valence-corrected chi connectivity index (χ4v) is 2.56. The lowest BCUT2D eigenvalue weighted by Crippen LogP contribution is -2.45. The van der Waals surface area contributed by atoms with Crippen LogP contribution in [0.3, 0.4) is 0 Å². The minimum absolute atomic E-state index is 0.348. The normalized spacial score (nSPS) is 19.6. The Hall–Kier alpha value is -1.88.